The number of aromatic nitrogens is 2. The van der Waals surface area contributed by atoms with Gasteiger partial charge in [-0.15, -0.1) is 0 Å². The van der Waals surface area contributed by atoms with Gasteiger partial charge in [0.25, 0.3) is 5.56 Å². The zero-order chi connectivity index (χ0) is 17.2. The van der Waals surface area contributed by atoms with Crippen LogP contribution in [0.25, 0.3) is 0 Å². The Kier molecular flexibility index (Phi) is 5.56. The lowest BCUT2D eigenvalue weighted by Gasteiger charge is -2.22. The monoisotopic (exact) mass is 350 g/mol. The Morgan fingerprint density at radius 3 is 2.52 bits per heavy atom. The van der Waals surface area contributed by atoms with Crippen LogP contribution in [0.3, 0.4) is 0 Å². The minimum absolute atomic E-state index is 0.211. The summed E-state index contributed by atoms with van der Waals surface area (Å²) in [5.41, 5.74) is -1.20. The molecule has 2 heterocycles. The van der Waals surface area contributed by atoms with E-state index in [0.717, 1.165) is 11.2 Å². The number of hydrogen-bond acceptors (Lipinski definition) is 7. The third-order valence-electron chi connectivity index (χ3n) is 3.43. The van der Waals surface area contributed by atoms with Gasteiger partial charge in [0.05, 0.1) is 6.61 Å². The number of aromatic amines is 1. The van der Waals surface area contributed by atoms with Crippen LogP contribution in [0.15, 0.2) is 21.9 Å². The number of nitrogens with one attached hydrogen (secondary N) is 1. The van der Waals surface area contributed by atoms with Gasteiger partial charge in [-0.3, -0.25) is 18.9 Å². The van der Waals surface area contributed by atoms with E-state index in [-0.39, 0.29) is 6.61 Å². The SMILES string of the molecule is COC1C(OC)[C@@H](COP(C)(=O)O)O[C@H]1n1ccc(=O)[nH]c1=O. The highest BCUT2D eigenvalue weighted by Gasteiger charge is 2.47. The molecule has 130 valence electrons. The Labute approximate surface area is 131 Å². The lowest BCUT2D eigenvalue weighted by Crippen LogP contribution is -2.39. The normalized spacial score (nSPS) is 30.3. The fourth-order valence-electron chi connectivity index (χ4n) is 2.44. The molecule has 1 aliphatic heterocycles. The number of H-pyrrole nitrogens is 1. The Balaban J connectivity index is 2.28. The standard InChI is InChI=1S/C12H19N2O8P/c1-19-9-7(6-21-23(3,17)18)22-11(10(9)20-2)14-5-4-8(15)13-12(14)16/h4-5,7,9-11H,6H2,1-3H3,(H,17,18)(H,13,15,16)/t7-,9?,10?,11-/m1/s1. The maximum atomic E-state index is 11.9. The van der Waals surface area contributed by atoms with Gasteiger partial charge in [-0.05, 0) is 0 Å². The summed E-state index contributed by atoms with van der Waals surface area (Å²) in [6.07, 6.45) is -1.63. The highest BCUT2D eigenvalue weighted by atomic mass is 31.2. The third-order valence-corrected chi connectivity index (χ3v) is 4.06. The number of rotatable bonds is 6. The molecule has 3 unspecified atom stereocenters. The van der Waals surface area contributed by atoms with E-state index in [1.807, 2.05) is 0 Å². The smallest absolute Gasteiger partial charge is 0.330 e. The van der Waals surface area contributed by atoms with Gasteiger partial charge in [-0.1, -0.05) is 0 Å². The van der Waals surface area contributed by atoms with Crippen molar-refractivity contribution in [2.75, 3.05) is 27.5 Å². The molecule has 1 saturated heterocycles. The molecule has 0 aromatic carbocycles. The van der Waals surface area contributed by atoms with E-state index in [1.54, 1.807) is 0 Å². The van der Waals surface area contributed by atoms with E-state index in [2.05, 4.69) is 4.98 Å². The Morgan fingerprint density at radius 1 is 1.35 bits per heavy atom. The van der Waals surface area contributed by atoms with Gasteiger partial charge in [-0.2, -0.15) is 0 Å². The fourth-order valence-corrected chi connectivity index (χ4v) is 2.87. The maximum absolute atomic E-state index is 11.9. The van der Waals surface area contributed by atoms with Crippen LogP contribution in [-0.4, -0.2) is 60.2 Å². The average Bonchev–Trinajstić information content (AvgIpc) is 2.81. The van der Waals surface area contributed by atoms with Crippen molar-refractivity contribution in [3.63, 3.8) is 0 Å². The van der Waals surface area contributed by atoms with Crippen LogP contribution < -0.4 is 11.2 Å². The average molecular weight is 350 g/mol. The van der Waals surface area contributed by atoms with Crippen molar-refractivity contribution < 1.29 is 28.2 Å². The van der Waals surface area contributed by atoms with Crippen molar-refractivity contribution in [1.29, 1.82) is 0 Å². The quantitative estimate of drug-likeness (QED) is 0.644. The predicted octanol–water partition coefficient (Wildman–Crippen LogP) is -0.704. The van der Waals surface area contributed by atoms with Crippen molar-refractivity contribution in [3.05, 3.63) is 33.1 Å². The van der Waals surface area contributed by atoms with Gasteiger partial charge in [0, 0.05) is 33.1 Å². The summed E-state index contributed by atoms with van der Waals surface area (Å²) in [6, 6.07) is 1.18. The number of methoxy groups -OCH3 is 2. The van der Waals surface area contributed by atoms with E-state index >= 15 is 0 Å². The van der Waals surface area contributed by atoms with Gasteiger partial charge in [-0.25, -0.2) is 4.79 Å². The van der Waals surface area contributed by atoms with Crippen LogP contribution >= 0.6 is 7.60 Å². The zero-order valence-electron chi connectivity index (χ0n) is 12.9. The first-order valence-electron chi connectivity index (χ1n) is 6.74. The molecule has 23 heavy (non-hydrogen) atoms. The van der Waals surface area contributed by atoms with Crippen LogP contribution in [0, 0.1) is 0 Å². The summed E-state index contributed by atoms with van der Waals surface area (Å²) in [5.74, 6) is 0. The zero-order valence-corrected chi connectivity index (χ0v) is 13.8. The number of hydrogen-bond donors (Lipinski definition) is 2. The Morgan fingerprint density at radius 2 is 2.00 bits per heavy atom. The number of ether oxygens (including phenoxy) is 3. The first kappa shape index (κ1) is 18.1. The molecule has 1 fully saturated rings. The topological polar surface area (TPSA) is 129 Å². The molecule has 0 radical (unpaired) electrons. The molecular formula is C12H19N2O8P. The van der Waals surface area contributed by atoms with Crippen LogP contribution in [0.5, 0.6) is 0 Å². The van der Waals surface area contributed by atoms with Gasteiger partial charge < -0.3 is 23.6 Å². The highest BCUT2D eigenvalue weighted by Crippen LogP contribution is 2.39. The van der Waals surface area contributed by atoms with Gasteiger partial charge >= 0.3 is 13.3 Å². The van der Waals surface area contributed by atoms with Gasteiger partial charge in [0.15, 0.2) is 6.23 Å². The van der Waals surface area contributed by atoms with Crippen molar-refractivity contribution in [3.8, 4) is 0 Å². The maximum Gasteiger partial charge on any atom is 0.330 e. The second-order valence-electron chi connectivity index (χ2n) is 5.08. The van der Waals surface area contributed by atoms with Crippen LogP contribution in [0.4, 0.5) is 0 Å². The molecule has 10 nitrogen and oxygen atoms in total. The summed E-state index contributed by atoms with van der Waals surface area (Å²) in [6.45, 7) is 0.846. The lowest BCUT2D eigenvalue weighted by atomic mass is 10.1. The molecule has 0 bridgehead atoms. The van der Waals surface area contributed by atoms with Crippen molar-refractivity contribution in [1.82, 2.24) is 9.55 Å². The molecule has 0 amide bonds. The summed E-state index contributed by atoms with van der Waals surface area (Å²) in [7, 11) is -0.837. The summed E-state index contributed by atoms with van der Waals surface area (Å²) in [4.78, 5) is 34.4. The minimum Gasteiger partial charge on any atom is -0.376 e. The molecule has 1 aromatic heterocycles. The van der Waals surface area contributed by atoms with E-state index in [9.17, 15) is 19.0 Å². The third kappa shape index (κ3) is 4.17. The molecule has 11 heteroatoms. The van der Waals surface area contributed by atoms with E-state index < -0.39 is 43.4 Å². The summed E-state index contributed by atoms with van der Waals surface area (Å²) >= 11 is 0. The predicted molar refractivity (Wildman–Crippen MR) is 78.5 cm³/mol. The van der Waals surface area contributed by atoms with Crippen LogP contribution in [0.2, 0.25) is 0 Å². The highest BCUT2D eigenvalue weighted by molar-refractivity contribution is 7.51. The first-order valence-corrected chi connectivity index (χ1v) is 8.76. The summed E-state index contributed by atoms with van der Waals surface area (Å²) < 4.78 is 33.7. The summed E-state index contributed by atoms with van der Waals surface area (Å²) in [5, 5.41) is 0. The van der Waals surface area contributed by atoms with E-state index in [4.69, 9.17) is 18.7 Å². The van der Waals surface area contributed by atoms with Gasteiger partial charge in [0.2, 0.25) is 0 Å². The van der Waals surface area contributed by atoms with E-state index in [1.165, 1.54) is 26.5 Å². The molecule has 0 aliphatic carbocycles. The molecular weight excluding hydrogens is 331 g/mol. The minimum atomic E-state index is -3.68. The van der Waals surface area contributed by atoms with Gasteiger partial charge in [0.1, 0.15) is 18.3 Å². The molecule has 0 saturated carbocycles. The van der Waals surface area contributed by atoms with Crippen LogP contribution in [-0.2, 0) is 23.3 Å². The van der Waals surface area contributed by atoms with Crippen molar-refractivity contribution in [2.24, 2.45) is 0 Å². The van der Waals surface area contributed by atoms with Crippen molar-refractivity contribution in [2.45, 2.75) is 24.5 Å². The molecule has 5 atom stereocenters. The second-order valence-corrected chi connectivity index (χ2v) is 6.95. The largest absolute Gasteiger partial charge is 0.376 e. The molecule has 1 aromatic rings. The van der Waals surface area contributed by atoms with Crippen molar-refractivity contribution >= 4 is 7.60 Å². The Hall–Kier alpha value is -1.29. The molecule has 2 rings (SSSR count). The first-order chi connectivity index (χ1) is 10.8. The molecule has 2 N–H and O–H groups in total. The molecule has 0 spiro atoms. The second kappa shape index (κ2) is 7.08. The fraction of sp³-hybridized carbons (Fsp3) is 0.667. The van der Waals surface area contributed by atoms with Crippen LogP contribution in [0.1, 0.15) is 6.23 Å². The Bertz CT molecular complexity index is 695. The lowest BCUT2D eigenvalue weighted by molar-refractivity contribution is -0.0608. The van der Waals surface area contributed by atoms with E-state index in [0.29, 0.717) is 0 Å². The number of nitrogens with zero attached hydrogens (tertiary/aromatic N) is 1. The molecule has 1 aliphatic rings.